The molecular formula is C16H18F2N2. The summed E-state index contributed by atoms with van der Waals surface area (Å²) in [7, 11) is 1.74. The quantitative estimate of drug-likeness (QED) is 0.876. The van der Waals surface area contributed by atoms with Crippen molar-refractivity contribution in [3.8, 4) is 11.1 Å². The lowest BCUT2D eigenvalue weighted by atomic mass is 10.0. The molecule has 0 saturated heterocycles. The Labute approximate surface area is 118 Å². The number of benzene rings is 1. The molecule has 0 bridgehead atoms. The van der Waals surface area contributed by atoms with Crippen LogP contribution in [-0.2, 0) is 0 Å². The van der Waals surface area contributed by atoms with E-state index in [1.165, 1.54) is 18.3 Å². The first kappa shape index (κ1) is 15.8. The molecule has 0 aliphatic carbocycles. The van der Waals surface area contributed by atoms with Crippen molar-refractivity contribution in [2.75, 3.05) is 12.4 Å². The van der Waals surface area contributed by atoms with Crippen LogP contribution in [0.3, 0.4) is 0 Å². The Kier molecular flexibility index (Phi) is 5.84. The molecule has 0 amide bonds. The highest BCUT2D eigenvalue weighted by Gasteiger charge is 2.08. The minimum atomic E-state index is -0.607. The van der Waals surface area contributed by atoms with E-state index in [1.54, 1.807) is 19.2 Å². The van der Waals surface area contributed by atoms with Crippen molar-refractivity contribution in [1.29, 1.82) is 0 Å². The molecule has 1 heterocycles. The molecule has 0 spiro atoms. The smallest absolute Gasteiger partial charge is 0.133 e. The van der Waals surface area contributed by atoms with Gasteiger partial charge in [0.25, 0.3) is 0 Å². The molecule has 0 fully saturated rings. The van der Waals surface area contributed by atoms with E-state index in [9.17, 15) is 8.78 Å². The molecule has 1 N–H and O–H groups in total. The van der Waals surface area contributed by atoms with Crippen LogP contribution in [0.1, 0.15) is 19.4 Å². The number of nitrogens with zero attached hydrogens (tertiary/aromatic N) is 1. The van der Waals surface area contributed by atoms with Gasteiger partial charge in [-0.1, -0.05) is 26.5 Å². The lowest BCUT2D eigenvalue weighted by Gasteiger charge is -2.08. The van der Waals surface area contributed by atoms with Crippen molar-refractivity contribution in [2.45, 2.75) is 13.8 Å². The Morgan fingerprint density at radius 1 is 1.20 bits per heavy atom. The van der Waals surface area contributed by atoms with Crippen LogP contribution in [0.15, 0.2) is 37.0 Å². The second-order valence-corrected chi connectivity index (χ2v) is 3.74. The molecule has 0 aliphatic rings. The van der Waals surface area contributed by atoms with E-state index in [0.717, 1.165) is 11.6 Å². The van der Waals surface area contributed by atoms with Crippen molar-refractivity contribution in [1.82, 2.24) is 4.98 Å². The van der Waals surface area contributed by atoms with Gasteiger partial charge in [-0.2, -0.15) is 0 Å². The highest BCUT2D eigenvalue weighted by Crippen LogP contribution is 2.26. The predicted molar refractivity (Wildman–Crippen MR) is 80.6 cm³/mol. The Morgan fingerprint density at radius 3 is 2.45 bits per heavy atom. The number of halogens is 2. The zero-order valence-corrected chi connectivity index (χ0v) is 11.9. The van der Waals surface area contributed by atoms with Crippen molar-refractivity contribution < 1.29 is 8.78 Å². The third-order valence-electron chi connectivity index (χ3n) is 2.62. The summed E-state index contributed by atoms with van der Waals surface area (Å²) < 4.78 is 26.5. The summed E-state index contributed by atoms with van der Waals surface area (Å²) in [5.41, 5.74) is 1.66. The number of hydrogen-bond acceptors (Lipinski definition) is 2. The van der Waals surface area contributed by atoms with Gasteiger partial charge in [0.1, 0.15) is 17.5 Å². The Bertz CT molecular complexity index is 595. The van der Waals surface area contributed by atoms with Gasteiger partial charge in [0, 0.05) is 36.0 Å². The molecular weight excluding hydrogens is 258 g/mol. The van der Waals surface area contributed by atoms with Crippen LogP contribution in [0.4, 0.5) is 14.6 Å². The van der Waals surface area contributed by atoms with Gasteiger partial charge in [0.2, 0.25) is 0 Å². The first-order chi connectivity index (χ1) is 9.65. The van der Waals surface area contributed by atoms with E-state index in [0.29, 0.717) is 16.9 Å². The standard InChI is InChI=1S/C14H12F2N2.C2H6/c1-3-9-6-10(8-18-14(9)17-2)12-5-4-11(15)7-13(12)16;1-2/h3-8H,1H2,2H3,(H,17,18);1-2H3. The molecule has 4 heteroatoms. The lowest BCUT2D eigenvalue weighted by Crippen LogP contribution is -1.96. The van der Waals surface area contributed by atoms with Gasteiger partial charge in [-0.3, -0.25) is 0 Å². The highest BCUT2D eigenvalue weighted by atomic mass is 19.1. The summed E-state index contributed by atoms with van der Waals surface area (Å²) in [5.74, 6) is -0.541. The molecule has 0 unspecified atom stereocenters. The highest BCUT2D eigenvalue weighted by molar-refractivity contribution is 5.71. The van der Waals surface area contributed by atoms with Gasteiger partial charge in [-0.15, -0.1) is 0 Å². The normalized spacial score (nSPS) is 9.45. The average molecular weight is 276 g/mol. The van der Waals surface area contributed by atoms with E-state index in [-0.39, 0.29) is 0 Å². The third-order valence-corrected chi connectivity index (χ3v) is 2.62. The maximum absolute atomic E-state index is 13.6. The minimum absolute atomic E-state index is 0.314. The summed E-state index contributed by atoms with van der Waals surface area (Å²) >= 11 is 0. The fourth-order valence-electron chi connectivity index (χ4n) is 1.72. The summed E-state index contributed by atoms with van der Waals surface area (Å²) in [6.07, 6.45) is 3.17. The minimum Gasteiger partial charge on any atom is -0.373 e. The van der Waals surface area contributed by atoms with E-state index in [4.69, 9.17) is 0 Å². The maximum Gasteiger partial charge on any atom is 0.133 e. The third kappa shape index (κ3) is 3.41. The molecule has 0 saturated carbocycles. The van der Waals surface area contributed by atoms with E-state index >= 15 is 0 Å². The Morgan fingerprint density at radius 2 is 1.90 bits per heavy atom. The van der Waals surface area contributed by atoms with Crippen molar-refractivity contribution in [2.24, 2.45) is 0 Å². The molecule has 0 atom stereocenters. The number of nitrogens with one attached hydrogen (secondary N) is 1. The number of pyridine rings is 1. The van der Waals surface area contributed by atoms with E-state index < -0.39 is 11.6 Å². The lowest BCUT2D eigenvalue weighted by molar-refractivity contribution is 0.585. The summed E-state index contributed by atoms with van der Waals surface area (Å²) in [4.78, 5) is 4.17. The average Bonchev–Trinajstić information content (AvgIpc) is 2.48. The number of rotatable bonds is 3. The van der Waals surface area contributed by atoms with Crippen molar-refractivity contribution >= 4 is 11.9 Å². The van der Waals surface area contributed by atoms with Gasteiger partial charge in [-0.25, -0.2) is 13.8 Å². The molecule has 1 aromatic carbocycles. The monoisotopic (exact) mass is 276 g/mol. The van der Waals surface area contributed by atoms with E-state index in [2.05, 4.69) is 16.9 Å². The van der Waals surface area contributed by atoms with Gasteiger partial charge >= 0.3 is 0 Å². The first-order valence-electron chi connectivity index (χ1n) is 6.41. The zero-order chi connectivity index (χ0) is 15.1. The number of hydrogen-bond donors (Lipinski definition) is 1. The van der Waals surface area contributed by atoms with Crippen molar-refractivity contribution in [3.05, 3.63) is 54.2 Å². The summed E-state index contributed by atoms with van der Waals surface area (Å²) in [6, 6.07) is 5.22. The zero-order valence-electron chi connectivity index (χ0n) is 11.9. The molecule has 106 valence electrons. The molecule has 1 aromatic heterocycles. The number of anilines is 1. The molecule has 20 heavy (non-hydrogen) atoms. The SMILES string of the molecule is C=Cc1cc(-c2ccc(F)cc2F)cnc1NC.CC. The second-order valence-electron chi connectivity index (χ2n) is 3.74. The van der Waals surface area contributed by atoms with Crippen LogP contribution >= 0.6 is 0 Å². The van der Waals surface area contributed by atoms with Gasteiger partial charge < -0.3 is 5.32 Å². The van der Waals surface area contributed by atoms with Crippen LogP contribution in [0.5, 0.6) is 0 Å². The van der Waals surface area contributed by atoms with Crippen LogP contribution in [0.25, 0.3) is 17.2 Å². The molecule has 2 nitrogen and oxygen atoms in total. The van der Waals surface area contributed by atoms with Gasteiger partial charge in [-0.05, 0) is 18.2 Å². The summed E-state index contributed by atoms with van der Waals surface area (Å²) in [6.45, 7) is 7.68. The van der Waals surface area contributed by atoms with Crippen LogP contribution < -0.4 is 5.32 Å². The van der Waals surface area contributed by atoms with Crippen LogP contribution in [-0.4, -0.2) is 12.0 Å². The Hall–Kier alpha value is -2.23. The topological polar surface area (TPSA) is 24.9 Å². The number of aromatic nitrogens is 1. The molecule has 2 rings (SSSR count). The Balaban J connectivity index is 0.000000956. The van der Waals surface area contributed by atoms with Crippen molar-refractivity contribution in [3.63, 3.8) is 0 Å². The fraction of sp³-hybridized carbons (Fsp3) is 0.188. The largest absolute Gasteiger partial charge is 0.373 e. The summed E-state index contributed by atoms with van der Waals surface area (Å²) in [5, 5.41) is 2.91. The maximum atomic E-state index is 13.6. The molecule has 0 radical (unpaired) electrons. The van der Waals surface area contributed by atoms with Gasteiger partial charge in [0.05, 0.1) is 0 Å². The van der Waals surface area contributed by atoms with Crippen LogP contribution in [0, 0.1) is 11.6 Å². The predicted octanol–water partition coefficient (Wildman–Crippen LogP) is 4.74. The van der Waals surface area contributed by atoms with E-state index in [1.807, 2.05) is 13.8 Å². The van der Waals surface area contributed by atoms with Crippen LogP contribution in [0.2, 0.25) is 0 Å². The second kappa shape index (κ2) is 7.38. The van der Waals surface area contributed by atoms with Gasteiger partial charge in [0.15, 0.2) is 0 Å². The first-order valence-corrected chi connectivity index (χ1v) is 6.41. The molecule has 0 aliphatic heterocycles. The molecule has 2 aromatic rings. The fourth-order valence-corrected chi connectivity index (χ4v) is 1.72.